The van der Waals surface area contributed by atoms with Crippen LogP contribution in [0.5, 0.6) is 0 Å². The first-order valence-corrected chi connectivity index (χ1v) is 10.4. The van der Waals surface area contributed by atoms with Crippen LogP contribution in [-0.2, 0) is 0 Å². The number of aromatic nitrogens is 1. The highest BCUT2D eigenvalue weighted by atomic mass is 16.4. The fourth-order valence-corrected chi connectivity index (χ4v) is 3.76. The van der Waals surface area contributed by atoms with Crippen LogP contribution in [0, 0.1) is 0 Å². The van der Waals surface area contributed by atoms with Gasteiger partial charge in [0.1, 0.15) is 0 Å². The van der Waals surface area contributed by atoms with E-state index in [2.05, 4.69) is 4.98 Å². The highest BCUT2D eigenvalue weighted by molar-refractivity contribution is 6.01. The predicted molar refractivity (Wildman–Crippen MR) is 128 cm³/mol. The Morgan fingerprint density at radius 3 is 1.33 bits per heavy atom. The van der Waals surface area contributed by atoms with Gasteiger partial charge in [0.25, 0.3) is 0 Å². The molecule has 0 unspecified atom stereocenters. The molecule has 9 heteroatoms. The van der Waals surface area contributed by atoms with E-state index >= 15 is 0 Å². The number of carboxylic acid groups (broad SMARTS) is 4. The van der Waals surface area contributed by atoms with E-state index in [-0.39, 0.29) is 44.8 Å². The van der Waals surface area contributed by atoms with Gasteiger partial charge in [-0.3, -0.25) is 0 Å². The first-order chi connectivity index (χ1) is 17.2. The molecule has 0 radical (unpaired) electrons. The average molecular weight is 483 g/mol. The molecule has 0 bridgehead atoms. The molecule has 0 amide bonds. The number of rotatable bonds is 7. The molecule has 0 saturated heterocycles. The summed E-state index contributed by atoms with van der Waals surface area (Å²) in [6.07, 6.45) is 0. The molecule has 9 nitrogen and oxygen atoms in total. The number of hydrogen-bond acceptors (Lipinski definition) is 5. The smallest absolute Gasteiger partial charge is 0.336 e. The second-order valence-electron chi connectivity index (χ2n) is 7.73. The van der Waals surface area contributed by atoms with Crippen LogP contribution in [0.3, 0.4) is 0 Å². The van der Waals surface area contributed by atoms with E-state index < -0.39 is 23.9 Å². The number of benzene rings is 3. The van der Waals surface area contributed by atoms with Crippen LogP contribution in [-0.4, -0.2) is 49.3 Å². The second kappa shape index (κ2) is 9.51. The Morgan fingerprint density at radius 2 is 0.944 bits per heavy atom. The normalized spacial score (nSPS) is 10.6. The number of pyridine rings is 1. The molecule has 0 aliphatic heterocycles. The Morgan fingerprint density at radius 1 is 0.500 bits per heavy atom. The van der Waals surface area contributed by atoms with Crippen molar-refractivity contribution in [2.75, 3.05) is 0 Å². The third-order valence-electron chi connectivity index (χ3n) is 5.48. The molecule has 0 aliphatic rings. The summed E-state index contributed by atoms with van der Waals surface area (Å²) in [6, 6.07) is 19.5. The van der Waals surface area contributed by atoms with Gasteiger partial charge in [0.05, 0.1) is 33.6 Å². The minimum absolute atomic E-state index is 0.130. The highest BCUT2D eigenvalue weighted by Crippen LogP contribution is 2.33. The van der Waals surface area contributed by atoms with Crippen molar-refractivity contribution >= 4 is 23.9 Å². The fourth-order valence-electron chi connectivity index (χ4n) is 3.76. The first-order valence-electron chi connectivity index (χ1n) is 10.4. The largest absolute Gasteiger partial charge is 0.478 e. The summed E-state index contributed by atoms with van der Waals surface area (Å²) in [5.41, 5.74) is 0.903. The molecule has 4 rings (SSSR count). The zero-order valence-electron chi connectivity index (χ0n) is 18.4. The summed E-state index contributed by atoms with van der Waals surface area (Å²) in [6.45, 7) is 0. The van der Waals surface area contributed by atoms with Crippen molar-refractivity contribution in [3.63, 3.8) is 0 Å². The maximum atomic E-state index is 12.0. The molecule has 1 aromatic heterocycles. The van der Waals surface area contributed by atoms with E-state index in [9.17, 15) is 39.6 Å². The van der Waals surface area contributed by atoms with Crippen LogP contribution in [0.15, 0.2) is 78.9 Å². The van der Waals surface area contributed by atoms with Crippen LogP contribution < -0.4 is 0 Å². The van der Waals surface area contributed by atoms with Gasteiger partial charge in [-0.1, -0.05) is 42.5 Å². The number of hydrogen-bond donors (Lipinski definition) is 4. The van der Waals surface area contributed by atoms with Gasteiger partial charge in [-0.2, -0.15) is 0 Å². The maximum Gasteiger partial charge on any atom is 0.336 e. The summed E-state index contributed by atoms with van der Waals surface area (Å²) in [7, 11) is 0. The standard InChI is InChI=1S/C27H17NO8/c29-24(30)15-6-8-18(20(10-15)26(33)34)22-12-17(14-4-2-1-3-5-14)13-23(28-22)19-9-7-16(25(31)32)11-21(19)27(35)36/h1-13H,(H,29,30)(H,31,32)(H,33,34)(H,35,36). The zero-order valence-corrected chi connectivity index (χ0v) is 18.4. The lowest BCUT2D eigenvalue weighted by Crippen LogP contribution is -2.07. The lowest BCUT2D eigenvalue weighted by atomic mass is 9.95. The van der Waals surface area contributed by atoms with Crippen molar-refractivity contribution in [2.45, 2.75) is 0 Å². The highest BCUT2D eigenvalue weighted by Gasteiger charge is 2.21. The Hall–Kier alpha value is -5.31. The van der Waals surface area contributed by atoms with Gasteiger partial charge >= 0.3 is 23.9 Å². The molecule has 0 spiro atoms. The molecule has 0 fully saturated rings. The molecule has 178 valence electrons. The third kappa shape index (κ3) is 4.66. The van der Waals surface area contributed by atoms with Crippen LogP contribution in [0.2, 0.25) is 0 Å². The van der Waals surface area contributed by atoms with E-state index in [0.717, 1.165) is 17.7 Å². The second-order valence-corrected chi connectivity index (χ2v) is 7.73. The maximum absolute atomic E-state index is 12.0. The molecule has 4 N–H and O–H groups in total. The van der Waals surface area contributed by atoms with Crippen molar-refractivity contribution in [2.24, 2.45) is 0 Å². The fraction of sp³-hybridized carbons (Fsp3) is 0. The molecular formula is C27H17NO8. The quantitative estimate of drug-likeness (QED) is 0.287. The molecule has 3 aromatic carbocycles. The van der Waals surface area contributed by atoms with E-state index in [1.807, 2.05) is 6.07 Å². The molecule has 0 atom stereocenters. The van der Waals surface area contributed by atoms with Gasteiger partial charge in [0.2, 0.25) is 0 Å². The van der Waals surface area contributed by atoms with Crippen molar-refractivity contribution in [1.29, 1.82) is 0 Å². The van der Waals surface area contributed by atoms with Gasteiger partial charge in [-0.15, -0.1) is 0 Å². The van der Waals surface area contributed by atoms with Crippen molar-refractivity contribution < 1.29 is 39.6 Å². The summed E-state index contributed by atoms with van der Waals surface area (Å²) in [5, 5.41) is 38.1. The molecular weight excluding hydrogens is 466 g/mol. The average Bonchev–Trinajstić information content (AvgIpc) is 2.88. The van der Waals surface area contributed by atoms with Gasteiger partial charge in [-0.05, 0) is 47.5 Å². The monoisotopic (exact) mass is 483 g/mol. The van der Waals surface area contributed by atoms with Gasteiger partial charge in [0, 0.05) is 11.1 Å². The lowest BCUT2D eigenvalue weighted by Gasteiger charge is -2.14. The Bertz CT molecular complexity index is 1450. The summed E-state index contributed by atoms with van der Waals surface area (Å²) >= 11 is 0. The number of carboxylic acids is 4. The molecule has 0 aliphatic carbocycles. The Balaban J connectivity index is 2.02. The zero-order chi connectivity index (χ0) is 26.0. The summed E-state index contributed by atoms with van der Waals surface area (Å²) in [5.74, 6) is -5.31. The van der Waals surface area contributed by atoms with Gasteiger partial charge in [0.15, 0.2) is 0 Å². The SMILES string of the molecule is O=C(O)c1ccc(-c2cc(-c3ccccc3)cc(-c3ccc(C(=O)O)cc3C(=O)O)n2)c(C(=O)O)c1. The first kappa shape index (κ1) is 23.8. The van der Waals surface area contributed by atoms with Crippen LogP contribution in [0.4, 0.5) is 0 Å². The minimum Gasteiger partial charge on any atom is -0.478 e. The lowest BCUT2D eigenvalue weighted by molar-refractivity contribution is 0.0677. The Labute approximate surface area is 203 Å². The van der Waals surface area contributed by atoms with Gasteiger partial charge < -0.3 is 20.4 Å². The molecule has 36 heavy (non-hydrogen) atoms. The van der Waals surface area contributed by atoms with E-state index in [4.69, 9.17) is 0 Å². The summed E-state index contributed by atoms with van der Waals surface area (Å²) < 4.78 is 0. The number of aromatic carboxylic acids is 4. The topological polar surface area (TPSA) is 162 Å². The minimum atomic E-state index is -1.36. The number of carbonyl (C=O) groups is 4. The van der Waals surface area contributed by atoms with Crippen molar-refractivity contribution in [3.05, 3.63) is 101 Å². The number of nitrogens with zero attached hydrogens (tertiary/aromatic N) is 1. The molecule has 1 heterocycles. The van der Waals surface area contributed by atoms with Gasteiger partial charge in [-0.25, -0.2) is 24.2 Å². The van der Waals surface area contributed by atoms with E-state index in [1.54, 1.807) is 36.4 Å². The van der Waals surface area contributed by atoms with Crippen LogP contribution in [0.25, 0.3) is 33.6 Å². The van der Waals surface area contributed by atoms with E-state index in [1.165, 1.54) is 24.3 Å². The third-order valence-corrected chi connectivity index (χ3v) is 5.48. The van der Waals surface area contributed by atoms with Crippen molar-refractivity contribution in [3.8, 4) is 33.6 Å². The van der Waals surface area contributed by atoms with Crippen molar-refractivity contribution in [1.82, 2.24) is 4.98 Å². The molecule has 0 saturated carbocycles. The van der Waals surface area contributed by atoms with Crippen LogP contribution >= 0.6 is 0 Å². The Kier molecular flexibility index (Phi) is 6.30. The van der Waals surface area contributed by atoms with Crippen LogP contribution in [0.1, 0.15) is 41.4 Å². The summed E-state index contributed by atoms with van der Waals surface area (Å²) in [4.78, 5) is 51.2. The molecule has 4 aromatic rings. The predicted octanol–water partition coefficient (Wildman–Crippen LogP) is 4.88. The van der Waals surface area contributed by atoms with E-state index in [0.29, 0.717) is 5.56 Å².